The number of nitrogens with one attached hydrogen (secondary N) is 1. The number of fused-ring (bicyclic) bond motifs is 4. The molecule has 2 aliphatic rings. The third-order valence-electron chi connectivity index (χ3n) is 5.89. The topological polar surface area (TPSA) is 64.4 Å². The molecule has 0 fully saturated rings. The zero-order chi connectivity index (χ0) is 22.6. The number of hydrogen-bond donors (Lipinski definition) is 2. The number of alkyl halides is 3. The third kappa shape index (κ3) is 3.18. The molecular weight excluding hydrogens is 424 g/mol. The number of hydrogen-bond acceptors (Lipinski definition) is 3. The summed E-state index contributed by atoms with van der Waals surface area (Å²) in [5.41, 5.74) is 7.63. The summed E-state index contributed by atoms with van der Waals surface area (Å²) in [6.07, 6.45) is -3.70. The molecular formula is C24H18F4N2O2. The van der Waals surface area contributed by atoms with E-state index in [0.29, 0.717) is 52.4 Å². The molecule has 8 heteroatoms. The second-order valence-electron chi connectivity index (χ2n) is 7.86. The first kappa shape index (κ1) is 20.4. The van der Waals surface area contributed by atoms with Gasteiger partial charge in [0.2, 0.25) is 5.91 Å². The average molecular weight is 442 g/mol. The fourth-order valence-corrected chi connectivity index (χ4v) is 4.50. The van der Waals surface area contributed by atoms with Crippen LogP contribution in [0.15, 0.2) is 42.5 Å². The number of nitrogens with two attached hydrogens (primary N) is 1. The average Bonchev–Trinajstić information content (AvgIpc) is 2.94. The molecule has 0 unspecified atom stereocenters. The normalized spacial score (nSPS) is 14.5. The van der Waals surface area contributed by atoms with Gasteiger partial charge in [0.25, 0.3) is 0 Å². The first-order valence-electron chi connectivity index (χ1n) is 10.1. The van der Waals surface area contributed by atoms with Gasteiger partial charge in [-0.3, -0.25) is 4.79 Å². The Bertz CT molecular complexity index is 1270. The summed E-state index contributed by atoms with van der Waals surface area (Å²) in [5, 5.41) is 3.25. The van der Waals surface area contributed by atoms with E-state index in [4.69, 9.17) is 10.5 Å². The van der Waals surface area contributed by atoms with Crippen molar-refractivity contribution in [3.8, 4) is 28.0 Å². The largest absolute Gasteiger partial charge is 0.491 e. The maximum atomic E-state index is 15.5. The summed E-state index contributed by atoms with van der Waals surface area (Å²) in [6, 6.07) is 9.70. The molecule has 5 rings (SSSR count). The van der Waals surface area contributed by atoms with Gasteiger partial charge in [0, 0.05) is 23.2 Å². The molecule has 1 heterocycles. The van der Waals surface area contributed by atoms with Crippen LogP contribution in [0.5, 0.6) is 5.75 Å². The van der Waals surface area contributed by atoms with E-state index >= 15 is 4.39 Å². The van der Waals surface area contributed by atoms with Gasteiger partial charge >= 0.3 is 6.18 Å². The van der Waals surface area contributed by atoms with Crippen LogP contribution in [0.1, 0.15) is 33.5 Å². The number of ether oxygens (including phenoxy) is 1. The van der Waals surface area contributed by atoms with Crippen molar-refractivity contribution in [1.82, 2.24) is 0 Å². The minimum Gasteiger partial charge on any atom is -0.491 e. The zero-order valence-electron chi connectivity index (χ0n) is 16.8. The summed E-state index contributed by atoms with van der Waals surface area (Å²) in [5.74, 6) is -1.05. The third-order valence-corrected chi connectivity index (χ3v) is 5.89. The van der Waals surface area contributed by atoms with E-state index in [1.165, 1.54) is 6.07 Å². The van der Waals surface area contributed by atoms with Crippen LogP contribution in [0.25, 0.3) is 22.3 Å². The van der Waals surface area contributed by atoms with Crippen LogP contribution in [0, 0.1) is 5.82 Å². The molecule has 0 spiro atoms. The molecule has 3 aromatic carbocycles. The Morgan fingerprint density at radius 2 is 1.88 bits per heavy atom. The number of primary amides is 1. The van der Waals surface area contributed by atoms with E-state index in [1.807, 2.05) is 6.07 Å². The van der Waals surface area contributed by atoms with Gasteiger partial charge in [-0.05, 0) is 59.4 Å². The maximum absolute atomic E-state index is 15.5. The molecule has 32 heavy (non-hydrogen) atoms. The molecule has 0 aromatic heterocycles. The van der Waals surface area contributed by atoms with E-state index in [0.717, 1.165) is 24.6 Å². The van der Waals surface area contributed by atoms with Crippen LogP contribution in [-0.4, -0.2) is 19.1 Å². The molecule has 1 aliphatic heterocycles. The highest BCUT2D eigenvalue weighted by molar-refractivity contribution is 6.02. The number of halogens is 4. The number of rotatable bonds is 2. The Morgan fingerprint density at radius 3 is 2.62 bits per heavy atom. The van der Waals surface area contributed by atoms with Crippen LogP contribution in [-0.2, 0) is 12.6 Å². The highest BCUT2D eigenvalue weighted by atomic mass is 19.4. The standard InChI is InChI=1S/C24H18F4N2O2/c25-18-11-17(23(29)31)16-10-12-9-13(24(26,27)28)5-6-14(12)20(16)21(18)15-3-1-4-19-22(15)32-8-2-7-30-19/h1,3-6,9,11,30H,2,7-8,10H2,(H2,29,31). The molecule has 3 N–H and O–H groups in total. The number of carbonyl (C=O) groups is 1. The highest BCUT2D eigenvalue weighted by Gasteiger charge is 2.35. The monoisotopic (exact) mass is 442 g/mol. The van der Waals surface area contributed by atoms with Gasteiger partial charge in [-0.2, -0.15) is 13.2 Å². The molecule has 164 valence electrons. The fourth-order valence-electron chi connectivity index (χ4n) is 4.50. The van der Waals surface area contributed by atoms with Crippen molar-refractivity contribution in [3.63, 3.8) is 0 Å². The summed E-state index contributed by atoms with van der Waals surface area (Å²) >= 11 is 0. The van der Waals surface area contributed by atoms with Crippen LogP contribution in [0.2, 0.25) is 0 Å². The van der Waals surface area contributed by atoms with Gasteiger partial charge in [0.05, 0.1) is 17.9 Å². The molecule has 4 nitrogen and oxygen atoms in total. The van der Waals surface area contributed by atoms with Crippen LogP contribution in [0.3, 0.4) is 0 Å². The van der Waals surface area contributed by atoms with Crippen molar-refractivity contribution < 1.29 is 27.1 Å². The molecule has 0 bridgehead atoms. The Hall–Kier alpha value is -3.55. The quantitative estimate of drug-likeness (QED) is 0.410. The Balaban J connectivity index is 1.80. The minimum absolute atomic E-state index is 0.0351. The molecule has 1 aliphatic carbocycles. The van der Waals surface area contributed by atoms with E-state index in [-0.39, 0.29) is 17.5 Å². The molecule has 0 saturated heterocycles. The maximum Gasteiger partial charge on any atom is 0.416 e. The number of benzene rings is 3. The Morgan fingerprint density at radius 1 is 1.06 bits per heavy atom. The van der Waals surface area contributed by atoms with E-state index in [1.54, 1.807) is 12.1 Å². The van der Waals surface area contributed by atoms with E-state index in [2.05, 4.69) is 5.32 Å². The molecule has 0 radical (unpaired) electrons. The number of carbonyl (C=O) groups excluding carboxylic acids is 1. The minimum atomic E-state index is -4.51. The predicted molar refractivity (Wildman–Crippen MR) is 112 cm³/mol. The molecule has 0 atom stereocenters. The fraction of sp³-hybridized carbons (Fsp3) is 0.208. The zero-order valence-corrected chi connectivity index (χ0v) is 16.8. The van der Waals surface area contributed by atoms with Crippen molar-refractivity contribution >= 4 is 11.6 Å². The molecule has 3 aromatic rings. The summed E-state index contributed by atoms with van der Waals surface area (Å²) < 4.78 is 61.2. The van der Waals surface area contributed by atoms with Crippen molar-refractivity contribution in [2.75, 3.05) is 18.5 Å². The highest BCUT2D eigenvalue weighted by Crippen LogP contribution is 2.50. The van der Waals surface area contributed by atoms with Crippen LogP contribution < -0.4 is 15.8 Å². The smallest absolute Gasteiger partial charge is 0.416 e. The second-order valence-corrected chi connectivity index (χ2v) is 7.86. The molecule has 0 saturated carbocycles. The van der Waals surface area contributed by atoms with Gasteiger partial charge in [-0.1, -0.05) is 18.2 Å². The van der Waals surface area contributed by atoms with Crippen LogP contribution in [0.4, 0.5) is 23.2 Å². The lowest BCUT2D eigenvalue weighted by Gasteiger charge is -2.18. The molecule has 1 amide bonds. The van der Waals surface area contributed by atoms with Gasteiger partial charge < -0.3 is 15.8 Å². The lowest BCUT2D eigenvalue weighted by molar-refractivity contribution is -0.137. The van der Waals surface area contributed by atoms with E-state index < -0.39 is 23.5 Å². The van der Waals surface area contributed by atoms with Gasteiger partial charge in [-0.25, -0.2) is 4.39 Å². The second kappa shape index (κ2) is 7.25. The van der Waals surface area contributed by atoms with Crippen molar-refractivity contribution in [2.24, 2.45) is 5.73 Å². The summed E-state index contributed by atoms with van der Waals surface area (Å²) in [7, 11) is 0. The first-order valence-corrected chi connectivity index (χ1v) is 10.1. The number of anilines is 1. The first-order chi connectivity index (χ1) is 15.3. The summed E-state index contributed by atoms with van der Waals surface area (Å²) in [4.78, 5) is 12.1. The Kier molecular flexibility index (Phi) is 4.62. The number of para-hydroxylation sites is 1. The van der Waals surface area contributed by atoms with Gasteiger partial charge in [-0.15, -0.1) is 0 Å². The van der Waals surface area contributed by atoms with E-state index in [9.17, 15) is 18.0 Å². The lowest BCUT2D eigenvalue weighted by atomic mass is 9.90. The SMILES string of the molecule is NC(=O)c1cc(F)c(-c2cccc3c2OCCCN3)c2c1Cc1cc(C(F)(F)F)ccc1-2. The van der Waals surface area contributed by atoms with Gasteiger partial charge in [0.1, 0.15) is 11.6 Å². The van der Waals surface area contributed by atoms with Crippen LogP contribution >= 0.6 is 0 Å². The van der Waals surface area contributed by atoms with Crippen molar-refractivity contribution in [3.05, 3.63) is 70.5 Å². The van der Waals surface area contributed by atoms with Crippen molar-refractivity contribution in [1.29, 1.82) is 0 Å². The lowest BCUT2D eigenvalue weighted by Crippen LogP contribution is -2.14. The Labute approximate surface area is 181 Å². The summed E-state index contributed by atoms with van der Waals surface area (Å²) in [6.45, 7) is 1.13. The number of amides is 1. The van der Waals surface area contributed by atoms with Crippen molar-refractivity contribution in [2.45, 2.75) is 19.0 Å². The predicted octanol–water partition coefficient (Wildman–Crippen LogP) is 5.38. The van der Waals surface area contributed by atoms with Gasteiger partial charge in [0.15, 0.2) is 0 Å².